The highest BCUT2D eigenvalue weighted by Gasteiger charge is 2.13. The van der Waals surface area contributed by atoms with E-state index in [2.05, 4.69) is 33.2 Å². The monoisotopic (exact) mass is 343 g/mol. The molecular weight excluding hydrogens is 329 g/mol. The van der Waals surface area contributed by atoms with Crippen LogP contribution < -0.4 is 11.1 Å². The van der Waals surface area contributed by atoms with Crippen LogP contribution in [0.15, 0.2) is 22.8 Å². The number of nitrogens with one attached hydrogen (secondary N) is 1. The van der Waals surface area contributed by atoms with Gasteiger partial charge in [-0.25, -0.2) is 9.37 Å². The van der Waals surface area contributed by atoms with Gasteiger partial charge in [-0.15, -0.1) is 11.3 Å². The molecule has 0 aliphatic heterocycles. The lowest BCUT2D eigenvalue weighted by Gasteiger charge is -2.15. The second-order valence-electron chi connectivity index (χ2n) is 4.24. The Hall–Kier alpha value is -1.14. The second kappa shape index (κ2) is 5.88. The Kier molecular flexibility index (Phi) is 4.42. The number of hydrogen-bond donors (Lipinski definition) is 2. The molecule has 1 aromatic heterocycles. The van der Waals surface area contributed by atoms with E-state index in [9.17, 15) is 4.39 Å². The van der Waals surface area contributed by atoms with Crippen LogP contribution in [0, 0.1) is 5.82 Å². The molecule has 1 unspecified atom stereocenters. The lowest BCUT2D eigenvalue weighted by Crippen LogP contribution is -2.08. The molecular formula is C13H15BrFN3S. The zero-order chi connectivity index (χ0) is 14.0. The molecule has 0 fully saturated rings. The number of nitrogen functional groups attached to an aromatic ring is 1. The van der Waals surface area contributed by atoms with Crippen LogP contribution in [0.1, 0.15) is 29.8 Å². The average molecular weight is 344 g/mol. The molecule has 2 rings (SSSR count). The van der Waals surface area contributed by atoms with E-state index in [0.29, 0.717) is 15.8 Å². The molecule has 0 amide bonds. The fourth-order valence-corrected chi connectivity index (χ4v) is 2.89. The van der Waals surface area contributed by atoms with Crippen molar-refractivity contribution >= 4 is 38.6 Å². The summed E-state index contributed by atoms with van der Waals surface area (Å²) in [6.45, 7) is 4.08. The first-order chi connectivity index (χ1) is 9.01. The molecule has 1 aromatic carbocycles. The Morgan fingerprint density at radius 2 is 2.26 bits per heavy atom. The zero-order valence-corrected chi connectivity index (χ0v) is 13.1. The number of anilines is 2. The number of halogens is 2. The van der Waals surface area contributed by atoms with E-state index < -0.39 is 0 Å². The van der Waals surface area contributed by atoms with Crippen molar-refractivity contribution in [1.82, 2.24) is 4.98 Å². The van der Waals surface area contributed by atoms with Gasteiger partial charge in [0, 0.05) is 17.1 Å². The van der Waals surface area contributed by atoms with Gasteiger partial charge in [-0.2, -0.15) is 0 Å². The highest BCUT2D eigenvalue weighted by molar-refractivity contribution is 9.10. The van der Waals surface area contributed by atoms with Crippen molar-refractivity contribution in [2.75, 3.05) is 11.1 Å². The fourth-order valence-electron chi connectivity index (χ4n) is 1.67. The number of nitrogens with zero attached hydrogens (tertiary/aromatic N) is 1. The Bertz CT molecular complexity index is 585. The number of nitrogens with two attached hydrogens (primary N) is 1. The maximum absolute atomic E-state index is 13.5. The summed E-state index contributed by atoms with van der Waals surface area (Å²) in [5, 5.41) is 4.17. The summed E-state index contributed by atoms with van der Waals surface area (Å²) >= 11 is 4.77. The van der Waals surface area contributed by atoms with E-state index >= 15 is 0 Å². The smallest absolute Gasteiger partial charge is 0.139 e. The Balaban J connectivity index is 2.18. The quantitative estimate of drug-likeness (QED) is 0.810. The van der Waals surface area contributed by atoms with Crippen molar-refractivity contribution in [2.45, 2.75) is 26.3 Å². The van der Waals surface area contributed by atoms with E-state index in [1.54, 1.807) is 17.4 Å². The summed E-state index contributed by atoms with van der Waals surface area (Å²) < 4.78 is 13.9. The third-order valence-corrected chi connectivity index (χ3v) is 4.69. The van der Waals surface area contributed by atoms with Crippen LogP contribution in [0.4, 0.5) is 15.8 Å². The van der Waals surface area contributed by atoms with Gasteiger partial charge in [-0.1, -0.05) is 6.92 Å². The number of benzene rings is 1. The molecule has 0 saturated heterocycles. The number of hydrogen-bond acceptors (Lipinski definition) is 4. The Morgan fingerprint density at radius 3 is 2.89 bits per heavy atom. The van der Waals surface area contributed by atoms with Crippen molar-refractivity contribution in [3.05, 3.63) is 38.5 Å². The van der Waals surface area contributed by atoms with E-state index in [4.69, 9.17) is 5.73 Å². The van der Waals surface area contributed by atoms with Crippen LogP contribution in [-0.4, -0.2) is 4.98 Å². The SMILES string of the molecule is CCc1cnc(C(C)Nc2cc(F)c(Br)cc2N)s1. The molecule has 19 heavy (non-hydrogen) atoms. The van der Waals surface area contributed by atoms with Gasteiger partial charge in [-0.3, -0.25) is 0 Å². The minimum atomic E-state index is -0.336. The molecule has 2 aromatic rings. The molecule has 3 nitrogen and oxygen atoms in total. The first kappa shape index (κ1) is 14.3. The maximum Gasteiger partial charge on any atom is 0.139 e. The Morgan fingerprint density at radius 1 is 1.53 bits per heavy atom. The standard InChI is InChI=1S/C13H15BrFN3S/c1-3-8-6-17-13(19-8)7(2)18-12-5-10(15)9(14)4-11(12)16/h4-7,18H,3,16H2,1-2H3. The maximum atomic E-state index is 13.5. The van der Waals surface area contributed by atoms with Gasteiger partial charge in [0.1, 0.15) is 10.8 Å². The molecule has 6 heteroatoms. The predicted octanol–water partition coefficient (Wildman–Crippen LogP) is 4.36. The van der Waals surface area contributed by atoms with Gasteiger partial charge in [0.15, 0.2) is 0 Å². The third kappa shape index (κ3) is 3.25. The Labute approximate surface area is 124 Å². The number of aryl methyl sites for hydroxylation is 1. The first-order valence-electron chi connectivity index (χ1n) is 5.97. The van der Waals surface area contributed by atoms with E-state index in [1.807, 2.05) is 13.1 Å². The van der Waals surface area contributed by atoms with E-state index in [1.165, 1.54) is 10.9 Å². The molecule has 0 spiro atoms. The van der Waals surface area contributed by atoms with Crippen LogP contribution >= 0.6 is 27.3 Å². The van der Waals surface area contributed by atoms with Crippen LogP contribution in [-0.2, 0) is 6.42 Å². The molecule has 0 aliphatic carbocycles. The van der Waals surface area contributed by atoms with Gasteiger partial charge in [-0.05, 0) is 35.3 Å². The lowest BCUT2D eigenvalue weighted by atomic mass is 10.2. The van der Waals surface area contributed by atoms with Gasteiger partial charge < -0.3 is 11.1 Å². The first-order valence-corrected chi connectivity index (χ1v) is 7.57. The van der Waals surface area contributed by atoms with Crippen LogP contribution in [0.25, 0.3) is 0 Å². The summed E-state index contributed by atoms with van der Waals surface area (Å²) in [5.74, 6) is -0.336. The summed E-state index contributed by atoms with van der Waals surface area (Å²) in [4.78, 5) is 5.60. The van der Waals surface area contributed by atoms with Crippen molar-refractivity contribution < 1.29 is 4.39 Å². The topological polar surface area (TPSA) is 50.9 Å². The summed E-state index contributed by atoms with van der Waals surface area (Å²) in [7, 11) is 0. The van der Waals surface area contributed by atoms with Crippen LogP contribution in [0.3, 0.4) is 0 Å². The van der Waals surface area contributed by atoms with Crippen LogP contribution in [0.5, 0.6) is 0 Å². The number of rotatable bonds is 4. The highest BCUT2D eigenvalue weighted by Crippen LogP contribution is 2.30. The van der Waals surface area contributed by atoms with Crippen LogP contribution in [0.2, 0.25) is 0 Å². The van der Waals surface area contributed by atoms with Gasteiger partial charge in [0.2, 0.25) is 0 Å². The largest absolute Gasteiger partial charge is 0.397 e. The summed E-state index contributed by atoms with van der Waals surface area (Å²) in [6, 6.07) is 2.95. The second-order valence-corrected chi connectivity index (χ2v) is 6.24. The molecule has 0 aliphatic rings. The lowest BCUT2D eigenvalue weighted by molar-refractivity contribution is 0.621. The molecule has 0 bridgehead atoms. The third-order valence-electron chi connectivity index (χ3n) is 2.75. The molecule has 1 atom stereocenters. The number of thiazole rings is 1. The average Bonchev–Trinajstić information content (AvgIpc) is 2.84. The molecule has 0 saturated carbocycles. The van der Waals surface area contributed by atoms with Gasteiger partial charge >= 0.3 is 0 Å². The summed E-state index contributed by atoms with van der Waals surface area (Å²) in [5.41, 5.74) is 6.96. The zero-order valence-electron chi connectivity index (χ0n) is 10.7. The molecule has 1 heterocycles. The van der Waals surface area contributed by atoms with Crippen molar-refractivity contribution in [1.29, 1.82) is 0 Å². The summed E-state index contributed by atoms with van der Waals surface area (Å²) in [6.07, 6.45) is 2.85. The predicted molar refractivity (Wildman–Crippen MR) is 82.0 cm³/mol. The molecule has 0 radical (unpaired) electrons. The van der Waals surface area contributed by atoms with Crippen molar-refractivity contribution in [3.8, 4) is 0 Å². The van der Waals surface area contributed by atoms with Crippen molar-refractivity contribution in [3.63, 3.8) is 0 Å². The minimum Gasteiger partial charge on any atom is -0.397 e. The highest BCUT2D eigenvalue weighted by atomic mass is 79.9. The molecule has 102 valence electrons. The van der Waals surface area contributed by atoms with Gasteiger partial charge in [0.05, 0.1) is 21.9 Å². The fraction of sp³-hybridized carbons (Fsp3) is 0.308. The van der Waals surface area contributed by atoms with Gasteiger partial charge in [0.25, 0.3) is 0 Å². The molecule has 3 N–H and O–H groups in total. The van der Waals surface area contributed by atoms with Crippen molar-refractivity contribution in [2.24, 2.45) is 0 Å². The minimum absolute atomic E-state index is 0.00632. The number of aromatic nitrogens is 1. The van der Waals surface area contributed by atoms with E-state index in [-0.39, 0.29) is 11.9 Å². The normalized spacial score (nSPS) is 12.4. The van der Waals surface area contributed by atoms with E-state index in [0.717, 1.165) is 11.4 Å².